The molecule has 1 atom stereocenters. The van der Waals surface area contributed by atoms with Crippen LogP contribution in [0, 0.1) is 0 Å². The van der Waals surface area contributed by atoms with Gasteiger partial charge in [-0.2, -0.15) is 0 Å². The number of ether oxygens (including phenoxy) is 2. The van der Waals surface area contributed by atoms with E-state index in [-0.39, 0.29) is 12.7 Å². The predicted molar refractivity (Wildman–Crippen MR) is 115 cm³/mol. The first kappa shape index (κ1) is 23.1. The molecule has 0 fully saturated rings. The van der Waals surface area contributed by atoms with Gasteiger partial charge in [0.2, 0.25) is 0 Å². The van der Waals surface area contributed by atoms with Crippen LogP contribution < -0.4 is 20.1 Å². The van der Waals surface area contributed by atoms with Crippen molar-refractivity contribution in [2.45, 2.75) is 26.2 Å². The molecule has 0 aliphatic heterocycles. The Morgan fingerprint density at radius 3 is 2.46 bits per heavy atom. The highest BCUT2D eigenvalue weighted by molar-refractivity contribution is 6.35. The molecule has 154 valence electrons. The Morgan fingerprint density at radius 1 is 1.04 bits per heavy atom. The molecule has 8 heteroatoms. The Labute approximate surface area is 180 Å². The summed E-state index contributed by atoms with van der Waals surface area (Å²) in [5.41, 5.74) is 1.79. The molecule has 0 spiro atoms. The Kier molecular flexibility index (Phi) is 9.65. The van der Waals surface area contributed by atoms with E-state index in [1.54, 1.807) is 26.2 Å². The Hall–Kier alpha value is -1.21. The first-order chi connectivity index (χ1) is 13.4. The predicted octanol–water partition coefficient (Wildman–Crippen LogP) is 4.29. The maximum absolute atomic E-state index is 9.21. The highest BCUT2D eigenvalue weighted by atomic mass is 35.5. The second kappa shape index (κ2) is 11.7. The third-order valence-corrected chi connectivity index (χ3v) is 4.79. The maximum atomic E-state index is 9.21. The quantitative estimate of drug-likeness (QED) is 0.448. The number of hydrogen-bond donors (Lipinski definition) is 3. The van der Waals surface area contributed by atoms with E-state index in [4.69, 9.17) is 44.3 Å². The molecule has 28 heavy (non-hydrogen) atoms. The number of aliphatic hydroxyl groups is 1. The van der Waals surface area contributed by atoms with Crippen molar-refractivity contribution in [3.63, 3.8) is 0 Å². The molecule has 0 aromatic heterocycles. The van der Waals surface area contributed by atoms with Crippen molar-refractivity contribution in [3.05, 3.63) is 56.5 Å². The lowest BCUT2D eigenvalue weighted by Crippen LogP contribution is -2.31. The zero-order chi connectivity index (χ0) is 20.5. The summed E-state index contributed by atoms with van der Waals surface area (Å²) in [5.74, 6) is 1.03. The Balaban J connectivity index is 1.94. The largest absolute Gasteiger partial charge is 0.493 e. The molecule has 0 saturated carbocycles. The van der Waals surface area contributed by atoms with Gasteiger partial charge in [0, 0.05) is 41.8 Å². The van der Waals surface area contributed by atoms with Gasteiger partial charge >= 0.3 is 0 Å². The van der Waals surface area contributed by atoms with Crippen LogP contribution in [0.1, 0.15) is 18.1 Å². The summed E-state index contributed by atoms with van der Waals surface area (Å²) in [6.45, 7) is 4.73. The second-order valence-corrected chi connectivity index (χ2v) is 7.61. The van der Waals surface area contributed by atoms with Gasteiger partial charge in [-0.05, 0) is 36.8 Å². The van der Waals surface area contributed by atoms with Gasteiger partial charge in [-0.1, -0.05) is 40.9 Å². The molecule has 0 heterocycles. The lowest BCUT2D eigenvalue weighted by molar-refractivity contribution is 0.191. The van der Waals surface area contributed by atoms with Crippen molar-refractivity contribution in [2.24, 2.45) is 0 Å². The van der Waals surface area contributed by atoms with E-state index < -0.39 is 0 Å². The average molecular weight is 448 g/mol. The maximum Gasteiger partial charge on any atom is 0.180 e. The molecule has 0 amide bonds. The SMILES string of the molecule is COc1cc(CNCCNCC(C)O)cc(Cl)c1OCc1ccc(Cl)cc1Cl. The smallest absolute Gasteiger partial charge is 0.180 e. The van der Waals surface area contributed by atoms with Crippen molar-refractivity contribution >= 4 is 34.8 Å². The zero-order valence-electron chi connectivity index (χ0n) is 15.9. The first-order valence-electron chi connectivity index (χ1n) is 8.93. The molecular weight excluding hydrogens is 423 g/mol. The van der Waals surface area contributed by atoms with Crippen LogP contribution >= 0.6 is 34.8 Å². The molecule has 5 nitrogen and oxygen atoms in total. The Bertz CT molecular complexity index is 773. The number of hydrogen-bond acceptors (Lipinski definition) is 5. The average Bonchev–Trinajstić information content (AvgIpc) is 2.64. The van der Waals surface area contributed by atoms with Gasteiger partial charge in [0.15, 0.2) is 11.5 Å². The highest BCUT2D eigenvalue weighted by Gasteiger charge is 2.13. The molecule has 0 radical (unpaired) electrons. The van der Waals surface area contributed by atoms with Crippen molar-refractivity contribution in [2.75, 3.05) is 26.7 Å². The normalized spacial score (nSPS) is 12.1. The van der Waals surface area contributed by atoms with E-state index in [1.165, 1.54) is 0 Å². The van der Waals surface area contributed by atoms with E-state index in [1.807, 2.05) is 18.2 Å². The lowest BCUT2D eigenvalue weighted by Gasteiger charge is -2.15. The summed E-state index contributed by atoms with van der Waals surface area (Å²) >= 11 is 18.5. The monoisotopic (exact) mass is 446 g/mol. The van der Waals surface area contributed by atoms with Crippen LogP contribution in [0.4, 0.5) is 0 Å². The van der Waals surface area contributed by atoms with Crippen LogP contribution in [0.15, 0.2) is 30.3 Å². The van der Waals surface area contributed by atoms with Crippen molar-refractivity contribution < 1.29 is 14.6 Å². The van der Waals surface area contributed by atoms with Gasteiger partial charge in [-0.3, -0.25) is 0 Å². The van der Waals surface area contributed by atoms with Crippen LogP contribution in [0.2, 0.25) is 15.1 Å². The van der Waals surface area contributed by atoms with E-state index in [0.29, 0.717) is 39.7 Å². The Morgan fingerprint density at radius 2 is 1.79 bits per heavy atom. The highest BCUT2D eigenvalue weighted by Crippen LogP contribution is 2.37. The second-order valence-electron chi connectivity index (χ2n) is 6.36. The van der Waals surface area contributed by atoms with Gasteiger partial charge in [-0.25, -0.2) is 0 Å². The first-order valence-corrected chi connectivity index (χ1v) is 10.1. The lowest BCUT2D eigenvalue weighted by atomic mass is 10.2. The standard InChI is InChI=1S/C20H25Cl3N2O3/c1-13(26)10-24-5-6-25-11-14-7-18(23)20(19(8-14)27-2)28-12-15-3-4-16(21)9-17(15)22/h3-4,7-9,13,24-26H,5-6,10-12H2,1-2H3. The number of benzene rings is 2. The van der Waals surface area contributed by atoms with Crippen LogP contribution in [-0.2, 0) is 13.2 Å². The topological polar surface area (TPSA) is 62.8 Å². The molecule has 0 aliphatic rings. The molecule has 2 aromatic rings. The molecule has 3 N–H and O–H groups in total. The number of methoxy groups -OCH3 is 1. The minimum atomic E-state index is -0.349. The molecule has 1 unspecified atom stereocenters. The van der Waals surface area contributed by atoms with E-state index in [0.717, 1.165) is 24.2 Å². The van der Waals surface area contributed by atoms with Crippen molar-refractivity contribution in [3.8, 4) is 11.5 Å². The molecule has 0 aliphatic carbocycles. The van der Waals surface area contributed by atoms with Gasteiger partial charge in [0.1, 0.15) is 6.61 Å². The molecule has 0 bridgehead atoms. The molecule has 0 saturated heterocycles. The fraction of sp³-hybridized carbons (Fsp3) is 0.400. The third kappa shape index (κ3) is 7.32. The fourth-order valence-corrected chi connectivity index (χ4v) is 3.28. The summed E-state index contributed by atoms with van der Waals surface area (Å²) in [6, 6.07) is 8.98. The number of rotatable bonds is 11. The number of halogens is 3. The third-order valence-electron chi connectivity index (χ3n) is 3.92. The van der Waals surface area contributed by atoms with Crippen LogP contribution in [0.5, 0.6) is 11.5 Å². The van der Waals surface area contributed by atoms with Gasteiger partial charge < -0.3 is 25.2 Å². The number of aliphatic hydroxyl groups excluding tert-OH is 1. The van der Waals surface area contributed by atoms with E-state index in [9.17, 15) is 5.11 Å². The summed E-state index contributed by atoms with van der Waals surface area (Å²) in [4.78, 5) is 0. The van der Waals surface area contributed by atoms with Gasteiger partial charge in [0.05, 0.1) is 18.2 Å². The minimum Gasteiger partial charge on any atom is -0.493 e. The van der Waals surface area contributed by atoms with Gasteiger partial charge in [0.25, 0.3) is 0 Å². The molecule has 2 rings (SSSR count). The van der Waals surface area contributed by atoms with Crippen molar-refractivity contribution in [1.82, 2.24) is 10.6 Å². The van der Waals surface area contributed by atoms with Crippen LogP contribution in [-0.4, -0.2) is 38.0 Å². The van der Waals surface area contributed by atoms with E-state index >= 15 is 0 Å². The van der Waals surface area contributed by atoms with Crippen LogP contribution in [0.25, 0.3) is 0 Å². The zero-order valence-corrected chi connectivity index (χ0v) is 18.2. The number of nitrogens with one attached hydrogen (secondary N) is 2. The van der Waals surface area contributed by atoms with Crippen molar-refractivity contribution in [1.29, 1.82) is 0 Å². The summed E-state index contributed by atoms with van der Waals surface area (Å²) < 4.78 is 11.3. The van der Waals surface area contributed by atoms with Gasteiger partial charge in [-0.15, -0.1) is 0 Å². The minimum absolute atomic E-state index is 0.249. The van der Waals surface area contributed by atoms with E-state index in [2.05, 4.69) is 10.6 Å². The molecular formula is C20H25Cl3N2O3. The van der Waals surface area contributed by atoms with Crippen LogP contribution in [0.3, 0.4) is 0 Å². The molecule has 2 aromatic carbocycles. The fourth-order valence-electron chi connectivity index (χ4n) is 2.52. The summed E-state index contributed by atoms with van der Waals surface area (Å²) in [5, 5.41) is 17.2. The summed E-state index contributed by atoms with van der Waals surface area (Å²) in [6.07, 6.45) is -0.349. The summed E-state index contributed by atoms with van der Waals surface area (Å²) in [7, 11) is 1.57.